The molecular formula is C14H12ClNO. The molecule has 0 unspecified atom stereocenters. The van der Waals surface area contributed by atoms with Gasteiger partial charge in [-0.25, -0.2) is 0 Å². The van der Waals surface area contributed by atoms with E-state index in [0.717, 1.165) is 11.1 Å². The van der Waals surface area contributed by atoms with Crippen LogP contribution in [0.1, 0.15) is 17.3 Å². The molecule has 2 rings (SSSR count). The van der Waals surface area contributed by atoms with Crippen molar-refractivity contribution in [1.29, 1.82) is 0 Å². The van der Waals surface area contributed by atoms with Gasteiger partial charge in [0.25, 0.3) is 0 Å². The molecule has 0 fully saturated rings. The van der Waals surface area contributed by atoms with Gasteiger partial charge in [0, 0.05) is 21.8 Å². The smallest absolute Gasteiger partial charge is 0.161 e. The van der Waals surface area contributed by atoms with Crippen molar-refractivity contribution >= 4 is 23.1 Å². The lowest BCUT2D eigenvalue weighted by atomic mass is 10.0. The summed E-state index contributed by atoms with van der Waals surface area (Å²) in [5.74, 6) is -0.0450. The molecule has 0 saturated heterocycles. The Kier molecular flexibility index (Phi) is 3.16. The van der Waals surface area contributed by atoms with Crippen molar-refractivity contribution in [3.63, 3.8) is 0 Å². The highest BCUT2D eigenvalue weighted by molar-refractivity contribution is 6.33. The van der Waals surface area contributed by atoms with Gasteiger partial charge in [-0.15, -0.1) is 0 Å². The third-order valence-corrected chi connectivity index (χ3v) is 2.95. The molecule has 2 aromatic carbocycles. The van der Waals surface area contributed by atoms with E-state index in [4.69, 9.17) is 17.3 Å². The number of ketones is 1. The predicted molar refractivity (Wildman–Crippen MR) is 71.3 cm³/mol. The molecule has 17 heavy (non-hydrogen) atoms. The van der Waals surface area contributed by atoms with E-state index >= 15 is 0 Å². The monoisotopic (exact) mass is 245 g/mol. The summed E-state index contributed by atoms with van der Waals surface area (Å²) in [6.45, 7) is 1.50. The number of halogens is 1. The molecule has 86 valence electrons. The molecular weight excluding hydrogens is 234 g/mol. The first kappa shape index (κ1) is 11.7. The summed E-state index contributed by atoms with van der Waals surface area (Å²) in [7, 11) is 0. The van der Waals surface area contributed by atoms with Gasteiger partial charge in [-0.1, -0.05) is 35.9 Å². The van der Waals surface area contributed by atoms with E-state index in [1.165, 1.54) is 6.92 Å². The van der Waals surface area contributed by atoms with Crippen LogP contribution in [0.3, 0.4) is 0 Å². The molecule has 2 nitrogen and oxygen atoms in total. The molecule has 0 heterocycles. The quantitative estimate of drug-likeness (QED) is 0.646. The minimum atomic E-state index is -0.0450. The van der Waals surface area contributed by atoms with Gasteiger partial charge >= 0.3 is 0 Å². The molecule has 3 heteroatoms. The highest BCUT2D eigenvalue weighted by Gasteiger charge is 2.08. The van der Waals surface area contributed by atoms with Crippen LogP contribution in [0.15, 0.2) is 42.5 Å². The van der Waals surface area contributed by atoms with Crippen LogP contribution in [-0.2, 0) is 0 Å². The lowest BCUT2D eigenvalue weighted by molar-refractivity contribution is 0.101. The topological polar surface area (TPSA) is 43.1 Å². The Hall–Kier alpha value is -1.80. The van der Waals surface area contributed by atoms with Crippen LogP contribution in [0, 0.1) is 0 Å². The van der Waals surface area contributed by atoms with E-state index in [1.54, 1.807) is 12.1 Å². The first-order valence-electron chi connectivity index (χ1n) is 5.25. The zero-order valence-corrected chi connectivity index (χ0v) is 10.2. The van der Waals surface area contributed by atoms with Crippen LogP contribution in [0.25, 0.3) is 11.1 Å². The van der Waals surface area contributed by atoms with Gasteiger partial charge in [0.05, 0.1) is 0 Å². The van der Waals surface area contributed by atoms with E-state index in [1.807, 2.05) is 30.3 Å². The second-order valence-electron chi connectivity index (χ2n) is 3.84. The van der Waals surface area contributed by atoms with Crippen molar-refractivity contribution in [1.82, 2.24) is 0 Å². The molecule has 0 bridgehead atoms. The summed E-state index contributed by atoms with van der Waals surface area (Å²) in [5.41, 5.74) is 8.57. The molecule has 0 aromatic heterocycles. The third-order valence-electron chi connectivity index (χ3n) is 2.62. The molecule has 0 amide bonds. The minimum absolute atomic E-state index is 0.0450. The summed E-state index contributed by atoms with van der Waals surface area (Å²) in [6.07, 6.45) is 0. The molecule has 2 aromatic rings. The van der Waals surface area contributed by atoms with Crippen molar-refractivity contribution < 1.29 is 4.79 Å². The molecule has 0 aliphatic carbocycles. The highest BCUT2D eigenvalue weighted by atomic mass is 35.5. The summed E-state index contributed by atoms with van der Waals surface area (Å²) in [6, 6.07) is 12.9. The Labute approximate surface area is 105 Å². The minimum Gasteiger partial charge on any atom is -0.398 e. The molecule has 0 aliphatic heterocycles. The Balaban J connectivity index is 2.58. The van der Waals surface area contributed by atoms with Crippen LogP contribution in [0.4, 0.5) is 5.69 Å². The third kappa shape index (κ3) is 2.32. The number of Topliss-reactive ketones (excluding diaryl/α,β-unsaturated/α-hetero) is 1. The first-order valence-corrected chi connectivity index (χ1v) is 5.63. The number of rotatable bonds is 2. The molecule has 0 aliphatic rings. The van der Waals surface area contributed by atoms with Gasteiger partial charge < -0.3 is 5.73 Å². The van der Waals surface area contributed by atoms with Crippen LogP contribution in [0.2, 0.25) is 5.02 Å². The van der Waals surface area contributed by atoms with Gasteiger partial charge in [-0.2, -0.15) is 0 Å². The summed E-state index contributed by atoms with van der Waals surface area (Å²) in [5, 5.41) is 0.659. The Morgan fingerprint density at radius 3 is 2.53 bits per heavy atom. The lowest BCUT2D eigenvalue weighted by Crippen LogP contribution is -1.99. The average molecular weight is 246 g/mol. The average Bonchev–Trinajstić information content (AvgIpc) is 2.30. The number of nitrogen functional groups attached to an aromatic ring is 1. The summed E-state index contributed by atoms with van der Waals surface area (Å²) < 4.78 is 0. The van der Waals surface area contributed by atoms with E-state index in [9.17, 15) is 4.79 Å². The summed E-state index contributed by atoms with van der Waals surface area (Å²) >= 11 is 6.11. The van der Waals surface area contributed by atoms with E-state index in [0.29, 0.717) is 16.3 Å². The zero-order chi connectivity index (χ0) is 12.4. The highest BCUT2D eigenvalue weighted by Crippen LogP contribution is 2.29. The standard InChI is InChI=1S/C14H12ClNO/c1-9(17)12-8-10(6-7-14(12)16)11-4-2-3-5-13(11)15/h2-8H,16H2,1H3. The lowest BCUT2D eigenvalue weighted by Gasteiger charge is -2.07. The van der Waals surface area contributed by atoms with Gasteiger partial charge in [0.2, 0.25) is 0 Å². The predicted octanol–water partition coefficient (Wildman–Crippen LogP) is 3.79. The molecule has 0 radical (unpaired) electrons. The number of benzene rings is 2. The maximum absolute atomic E-state index is 11.4. The number of carbonyl (C=O) groups excluding carboxylic acids is 1. The van der Waals surface area contributed by atoms with Crippen LogP contribution in [0.5, 0.6) is 0 Å². The van der Waals surface area contributed by atoms with E-state index in [2.05, 4.69) is 0 Å². The SMILES string of the molecule is CC(=O)c1cc(-c2ccccc2Cl)ccc1N. The van der Waals surface area contributed by atoms with Gasteiger partial charge in [0.15, 0.2) is 5.78 Å². The van der Waals surface area contributed by atoms with Crippen molar-refractivity contribution in [3.8, 4) is 11.1 Å². The Morgan fingerprint density at radius 2 is 1.88 bits per heavy atom. The molecule has 0 spiro atoms. The van der Waals surface area contributed by atoms with Crippen molar-refractivity contribution in [3.05, 3.63) is 53.1 Å². The fourth-order valence-corrected chi connectivity index (χ4v) is 1.97. The van der Waals surface area contributed by atoms with E-state index in [-0.39, 0.29) is 5.78 Å². The zero-order valence-electron chi connectivity index (χ0n) is 9.41. The van der Waals surface area contributed by atoms with Crippen LogP contribution < -0.4 is 5.73 Å². The van der Waals surface area contributed by atoms with Crippen LogP contribution in [-0.4, -0.2) is 5.78 Å². The number of hydrogen-bond acceptors (Lipinski definition) is 2. The molecule has 0 saturated carbocycles. The largest absolute Gasteiger partial charge is 0.398 e. The van der Waals surface area contributed by atoms with Crippen LogP contribution >= 0.6 is 11.6 Å². The van der Waals surface area contributed by atoms with Crippen molar-refractivity contribution in [2.45, 2.75) is 6.92 Å². The Morgan fingerprint density at radius 1 is 1.18 bits per heavy atom. The fraction of sp³-hybridized carbons (Fsp3) is 0.0714. The maximum atomic E-state index is 11.4. The van der Waals surface area contributed by atoms with Gasteiger partial charge in [-0.3, -0.25) is 4.79 Å². The fourth-order valence-electron chi connectivity index (χ4n) is 1.72. The molecule has 2 N–H and O–H groups in total. The van der Waals surface area contributed by atoms with E-state index < -0.39 is 0 Å². The second kappa shape index (κ2) is 4.60. The number of nitrogens with two attached hydrogens (primary N) is 1. The number of anilines is 1. The van der Waals surface area contributed by atoms with Gasteiger partial charge in [0.1, 0.15) is 0 Å². The van der Waals surface area contributed by atoms with Crippen molar-refractivity contribution in [2.24, 2.45) is 0 Å². The second-order valence-corrected chi connectivity index (χ2v) is 4.25. The Bertz CT molecular complexity index is 578. The normalized spacial score (nSPS) is 10.2. The number of carbonyl (C=O) groups is 1. The summed E-state index contributed by atoms with van der Waals surface area (Å²) in [4.78, 5) is 11.4. The molecule has 0 atom stereocenters. The van der Waals surface area contributed by atoms with Gasteiger partial charge in [-0.05, 0) is 30.7 Å². The maximum Gasteiger partial charge on any atom is 0.161 e. The first-order chi connectivity index (χ1) is 8.09. The number of hydrogen-bond donors (Lipinski definition) is 1. The van der Waals surface area contributed by atoms with Crippen molar-refractivity contribution in [2.75, 3.05) is 5.73 Å².